The Labute approximate surface area is 113 Å². The lowest BCUT2D eigenvalue weighted by molar-refractivity contribution is 0.219. The van der Waals surface area contributed by atoms with E-state index in [2.05, 4.69) is 22.4 Å². The van der Waals surface area contributed by atoms with Crippen molar-refractivity contribution < 1.29 is 13.6 Å². The zero-order chi connectivity index (χ0) is 13.4. The van der Waals surface area contributed by atoms with Gasteiger partial charge in [-0.25, -0.2) is 0 Å². The van der Waals surface area contributed by atoms with E-state index in [4.69, 9.17) is 9.05 Å². The third-order valence-electron chi connectivity index (χ3n) is 2.14. The normalized spacial score (nSPS) is 11.0. The molecule has 0 amide bonds. The van der Waals surface area contributed by atoms with Gasteiger partial charge in [0.25, 0.3) is 0 Å². The predicted molar refractivity (Wildman–Crippen MR) is 75.7 cm³/mol. The van der Waals surface area contributed by atoms with Crippen LogP contribution in [0.1, 0.15) is 19.4 Å². The molecule has 1 aromatic rings. The van der Waals surface area contributed by atoms with E-state index in [-0.39, 0.29) is 6.16 Å². The monoisotopic (exact) mass is 285 g/mol. The number of thiocarbonyl (C=S) groups is 1. The summed E-state index contributed by atoms with van der Waals surface area (Å²) in [7, 11) is -3.04. The second-order valence-corrected chi connectivity index (χ2v) is 5.71. The molecule has 0 aromatic heterocycles. The van der Waals surface area contributed by atoms with Crippen LogP contribution in [0.3, 0.4) is 0 Å². The Kier molecular flexibility index (Phi) is 6.41. The fourth-order valence-corrected chi connectivity index (χ4v) is 3.28. The molecule has 0 fully saturated rings. The standard InChI is InChI=1S/C12H16NO3PS/c1-3-15-17(14,16-4-2)9-11-5-7-12(8-6-11)13-10-18/h5-8H,3-4,9H2,1-2H3. The summed E-state index contributed by atoms with van der Waals surface area (Å²) in [4.78, 5) is 3.85. The highest BCUT2D eigenvalue weighted by molar-refractivity contribution is 7.78. The summed E-state index contributed by atoms with van der Waals surface area (Å²) < 4.78 is 22.8. The van der Waals surface area contributed by atoms with Gasteiger partial charge in [0, 0.05) is 0 Å². The highest BCUT2D eigenvalue weighted by Crippen LogP contribution is 2.51. The molecule has 0 spiro atoms. The number of hydrogen-bond acceptors (Lipinski definition) is 5. The fraction of sp³-hybridized carbons (Fsp3) is 0.417. The molecule has 98 valence electrons. The van der Waals surface area contributed by atoms with Crippen LogP contribution in [0.2, 0.25) is 0 Å². The van der Waals surface area contributed by atoms with Crippen molar-refractivity contribution in [3.05, 3.63) is 29.8 Å². The molecule has 0 aliphatic heterocycles. The first-order chi connectivity index (χ1) is 8.63. The van der Waals surface area contributed by atoms with Gasteiger partial charge in [0.2, 0.25) is 0 Å². The zero-order valence-corrected chi connectivity index (χ0v) is 12.2. The smallest absolute Gasteiger partial charge is 0.309 e. The fourth-order valence-electron chi connectivity index (χ4n) is 1.47. The highest BCUT2D eigenvalue weighted by Gasteiger charge is 2.23. The zero-order valence-electron chi connectivity index (χ0n) is 10.5. The largest absolute Gasteiger partial charge is 0.335 e. The van der Waals surface area contributed by atoms with Gasteiger partial charge in [-0.1, -0.05) is 12.1 Å². The first-order valence-electron chi connectivity index (χ1n) is 5.68. The van der Waals surface area contributed by atoms with Crippen LogP contribution in [0.4, 0.5) is 5.69 Å². The SMILES string of the molecule is CCOP(=O)(Cc1ccc(N=C=S)cc1)OCC. The summed E-state index contributed by atoms with van der Waals surface area (Å²) in [6.45, 7) is 4.32. The molecule has 6 heteroatoms. The van der Waals surface area contributed by atoms with Crippen LogP contribution in [0, 0.1) is 0 Å². The van der Waals surface area contributed by atoms with Crippen LogP contribution in [0.25, 0.3) is 0 Å². The lowest BCUT2D eigenvalue weighted by Crippen LogP contribution is -1.98. The van der Waals surface area contributed by atoms with Crippen LogP contribution < -0.4 is 0 Å². The summed E-state index contributed by atoms with van der Waals surface area (Å²) >= 11 is 4.52. The van der Waals surface area contributed by atoms with Crippen LogP contribution in [-0.2, 0) is 19.8 Å². The summed E-state index contributed by atoms with van der Waals surface area (Å²) in [6.07, 6.45) is 0.260. The Hall–Kier alpha value is -0.830. The van der Waals surface area contributed by atoms with E-state index in [0.717, 1.165) is 11.3 Å². The van der Waals surface area contributed by atoms with Crippen molar-refractivity contribution in [2.45, 2.75) is 20.0 Å². The maximum Gasteiger partial charge on any atom is 0.335 e. The summed E-state index contributed by atoms with van der Waals surface area (Å²) in [6, 6.07) is 7.24. The molecule has 0 bridgehead atoms. The maximum absolute atomic E-state index is 12.3. The van der Waals surface area contributed by atoms with Gasteiger partial charge in [0.15, 0.2) is 0 Å². The second kappa shape index (κ2) is 7.57. The molecular weight excluding hydrogens is 269 g/mol. The molecule has 0 saturated heterocycles. The van der Waals surface area contributed by atoms with E-state index in [0.29, 0.717) is 13.2 Å². The molecule has 0 radical (unpaired) electrons. The Bertz CT molecular complexity index is 459. The number of isothiocyanates is 1. The van der Waals surface area contributed by atoms with Crippen molar-refractivity contribution in [1.82, 2.24) is 0 Å². The number of benzene rings is 1. The Morgan fingerprint density at radius 3 is 2.22 bits per heavy atom. The topological polar surface area (TPSA) is 47.9 Å². The maximum atomic E-state index is 12.3. The van der Waals surface area contributed by atoms with Crippen molar-refractivity contribution in [2.75, 3.05) is 13.2 Å². The molecule has 18 heavy (non-hydrogen) atoms. The van der Waals surface area contributed by atoms with Crippen molar-refractivity contribution in [3.8, 4) is 0 Å². The van der Waals surface area contributed by atoms with Crippen LogP contribution >= 0.6 is 19.8 Å². The van der Waals surface area contributed by atoms with Crippen LogP contribution in [0.5, 0.6) is 0 Å². The number of nitrogens with zero attached hydrogens (tertiary/aromatic N) is 1. The van der Waals surface area contributed by atoms with Gasteiger partial charge >= 0.3 is 7.60 Å². The van der Waals surface area contributed by atoms with Gasteiger partial charge in [-0.15, -0.1) is 0 Å². The first-order valence-corrected chi connectivity index (χ1v) is 7.82. The van der Waals surface area contributed by atoms with Gasteiger partial charge < -0.3 is 9.05 Å². The van der Waals surface area contributed by atoms with Crippen molar-refractivity contribution in [1.29, 1.82) is 0 Å². The lowest BCUT2D eigenvalue weighted by Gasteiger charge is -2.16. The average Bonchev–Trinajstić information content (AvgIpc) is 2.32. The minimum Gasteiger partial charge on any atom is -0.309 e. The quantitative estimate of drug-likeness (QED) is 0.428. The number of aliphatic imine (C=N–C) groups is 1. The Morgan fingerprint density at radius 2 is 1.78 bits per heavy atom. The third kappa shape index (κ3) is 4.81. The van der Waals surface area contributed by atoms with E-state index in [1.54, 1.807) is 26.0 Å². The van der Waals surface area contributed by atoms with Gasteiger partial charge in [0.1, 0.15) is 0 Å². The van der Waals surface area contributed by atoms with Crippen molar-refractivity contribution >= 4 is 30.7 Å². The molecule has 1 rings (SSSR count). The average molecular weight is 285 g/mol. The molecule has 0 aliphatic rings. The molecule has 0 heterocycles. The van der Waals surface area contributed by atoms with E-state index in [1.165, 1.54) is 0 Å². The van der Waals surface area contributed by atoms with Gasteiger partial charge in [0.05, 0.1) is 30.2 Å². The number of rotatable bonds is 7. The van der Waals surface area contributed by atoms with E-state index in [1.807, 2.05) is 12.1 Å². The Morgan fingerprint density at radius 1 is 1.22 bits per heavy atom. The molecule has 0 unspecified atom stereocenters. The molecule has 0 saturated carbocycles. The van der Waals surface area contributed by atoms with E-state index < -0.39 is 7.60 Å². The predicted octanol–water partition coefficient (Wildman–Crippen LogP) is 4.19. The van der Waals surface area contributed by atoms with Crippen molar-refractivity contribution in [3.63, 3.8) is 0 Å². The number of hydrogen-bond donors (Lipinski definition) is 0. The summed E-state index contributed by atoms with van der Waals surface area (Å²) in [5.41, 5.74) is 1.60. The van der Waals surface area contributed by atoms with Crippen molar-refractivity contribution in [2.24, 2.45) is 4.99 Å². The summed E-state index contributed by atoms with van der Waals surface area (Å²) in [5.74, 6) is 0. The van der Waals surface area contributed by atoms with Gasteiger partial charge in [-0.3, -0.25) is 4.57 Å². The van der Waals surface area contributed by atoms with Crippen LogP contribution in [0.15, 0.2) is 29.3 Å². The first kappa shape index (κ1) is 15.2. The molecule has 0 aliphatic carbocycles. The minimum absolute atomic E-state index is 0.260. The molecule has 0 N–H and O–H groups in total. The molecule has 4 nitrogen and oxygen atoms in total. The second-order valence-electron chi connectivity index (χ2n) is 3.47. The molecule has 0 atom stereocenters. The molecule has 1 aromatic carbocycles. The highest BCUT2D eigenvalue weighted by atomic mass is 32.1. The summed E-state index contributed by atoms with van der Waals surface area (Å²) in [5, 5.41) is 2.30. The third-order valence-corrected chi connectivity index (χ3v) is 4.29. The van der Waals surface area contributed by atoms with E-state index >= 15 is 0 Å². The Balaban J connectivity index is 2.81. The van der Waals surface area contributed by atoms with E-state index in [9.17, 15) is 4.57 Å². The van der Waals surface area contributed by atoms with Gasteiger partial charge in [-0.2, -0.15) is 4.99 Å². The van der Waals surface area contributed by atoms with Crippen LogP contribution in [-0.4, -0.2) is 18.4 Å². The van der Waals surface area contributed by atoms with Gasteiger partial charge in [-0.05, 0) is 43.8 Å². The molecular formula is C12H16NO3PS. The lowest BCUT2D eigenvalue weighted by atomic mass is 10.2. The minimum atomic E-state index is -3.04.